The molecule has 1 aromatic carbocycles. The molecule has 0 aliphatic rings. The number of hydrogen-bond acceptors (Lipinski definition) is 1. The minimum Gasteiger partial charge on any atom is -0.333 e. The Morgan fingerprint density at radius 2 is 1.93 bits per heavy atom. The smallest absolute Gasteiger partial charge is 0.131 e. The number of aryl methyl sites for hydroxylation is 1. The van der Waals surface area contributed by atoms with Crippen molar-refractivity contribution >= 4 is 28.1 Å². The van der Waals surface area contributed by atoms with Crippen LogP contribution in [0.2, 0.25) is 0 Å². The maximum atomic E-state index is 4.16. The number of benzene rings is 1. The molecule has 2 nitrogen and oxygen atoms in total. The molecule has 0 unspecified atom stereocenters. The summed E-state index contributed by atoms with van der Waals surface area (Å²) in [5.74, 6) is 0. The molecule has 1 aromatic heterocycles. The molecule has 0 N–H and O–H groups in total. The minimum atomic E-state index is 0.872. The lowest BCUT2D eigenvalue weighted by Gasteiger charge is -1.96. The zero-order valence-electron chi connectivity index (χ0n) is 8.39. The molecule has 0 radical (unpaired) electrons. The second kappa shape index (κ2) is 4.45. The van der Waals surface area contributed by atoms with Crippen LogP contribution in [-0.4, -0.2) is 9.55 Å². The van der Waals surface area contributed by atoms with Crippen LogP contribution in [0.15, 0.2) is 41.3 Å². The molecule has 0 spiro atoms. The fraction of sp³-hybridized carbons (Fsp3) is 0.0833. The summed E-state index contributed by atoms with van der Waals surface area (Å²) in [4.78, 5) is 4.16. The number of halogens is 1. The maximum absolute atomic E-state index is 4.16. The van der Waals surface area contributed by atoms with Crippen molar-refractivity contribution in [2.45, 2.75) is 0 Å². The van der Waals surface area contributed by atoms with Gasteiger partial charge in [0.15, 0.2) is 0 Å². The van der Waals surface area contributed by atoms with Gasteiger partial charge in [0.2, 0.25) is 0 Å². The molecule has 0 saturated heterocycles. The van der Waals surface area contributed by atoms with Gasteiger partial charge in [0.1, 0.15) is 4.60 Å². The molecule has 3 heteroatoms. The average Bonchev–Trinajstić information content (AvgIpc) is 2.58. The third-order valence-electron chi connectivity index (χ3n) is 2.17. The van der Waals surface area contributed by atoms with Crippen molar-refractivity contribution in [3.8, 4) is 0 Å². The summed E-state index contributed by atoms with van der Waals surface area (Å²) < 4.78 is 2.85. The van der Waals surface area contributed by atoms with Crippen molar-refractivity contribution in [3.05, 3.63) is 52.5 Å². The Balaban J connectivity index is 2.26. The van der Waals surface area contributed by atoms with E-state index in [0.717, 1.165) is 10.3 Å². The highest BCUT2D eigenvalue weighted by molar-refractivity contribution is 9.10. The highest BCUT2D eigenvalue weighted by Crippen LogP contribution is 2.16. The first-order valence-electron chi connectivity index (χ1n) is 4.67. The Bertz CT molecular complexity index is 452. The van der Waals surface area contributed by atoms with Crippen molar-refractivity contribution < 1.29 is 0 Å². The second-order valence-electron chi connectivity index (χ2n) is 3.28. The van der Waals surface area contributed by atoms with Crippen LogP contribution in [0.1, 0.15) is 11.3 Å². The van der Waals surface area contributed by atoms with Crippen LogP contribution in [0, 0.1) is 0 Å². The zero-order valence-corrected chi connectivity index (χ0v) is 9.98. The zero-order chi connectivity index (χ0) is 10.7. The molecule has 0 aliphatic heterocycles. The third kappa shape index (κ3) is 2.36. The SMILES string of the molecule is Cn1cnc(Br)c1C=Cc1ccccc1. The van der Waals surface area contributed by atoms with Crippen LogP contribution in [0.3, 0.4) is 0 Å². The first-order valence-corrected chi connectivity index (χ1v) is 5.46. The van der Waals surface area contributed by atoms with Gasteiger partial charge >= 0.3 is 0 Å². The number of hydrogen-bond donors (Lipinski definition) is 0. The van der Waals surface area contributed by atoms with Crippen LogP contribution in [0.4, 0.5) is 0 Å². The summed E-state index contributed by atoms with van der Waals surface area (Å²) in [5, 5.41) is 0. The summed E-state index contributed by atoms with van der Waals surface area (Å²) >= 11 is 3.41. The lowest BCUT2D eigenvalue weighted by atomic mass is 10.2. The van der Waals surface area contributed by atoms with Crippen molar-refractivity contribution in [3.63, 3.8) is 0 Å². The Morgan fingerprint density at radius 3 is 2.53 bits per heavy atom. The highest BCUT2D eigenvalue weighted by atomic mass is 79.9. The van der Waals surface area contributed by atoms with Crippen LogP contribution in [-0.2, 0) is 7.05 Å². The van der Waals surface area contributed by atoms with E-state index < -0.39 is 0 Å². The van der Waals surface area contributed by atoms with E-state index in [2.05, 4.69) is 39.1 Å². The van der Waals surface area contributed by atoms with Gasteiger partial charge in [-0.1, -0.05) is 36.4 Å². The molecule has 15 heavy (non-hydrogen) atoms. The van der Waals surface area contributed by atoms with Crippen molar-refractivity contribution in [2.75, 3.05) is 0 Å². The molecule has 0 bridgehead atoms. The van der Waals surface area contributed by atoms with Gasteiger partial charge in [-0.05, 0) is 27.6 Å². The number of imidazole rings is 1. The first kappa shape index (κ1) is 10.2. The van der Waals surface area contributed by atoms with Crippen molar-refractivity contribution in [2.24, 2.45) is 7.05 Å². The second-order valence-corrected chi connectivity index (χ2v) is 4.03. The Hall–Kier alpha value is -1.35. The van der Waals surface area contributed by atoms with Gasteiger partial charge in [0.05, 0.1) is 12.0 Å². The van der Waals surface area contributed by atoms with Gasteiger partial charge in [-0.15, -0.1) is 0 Å². The molecule has 0 fully saturated rings. The van der Waals surface area contributed by atoms with Crippen LogP contribution in [0.25, 0.3) is 12.2 Å². The van der Waals surface area contributed by atoms with Crippen molar-refractivity contribution in [1.29, 1.82) is 0 Å². The van der Waals surface area contributed by atoms with Gasteiger partial charge in [0, 0.05) is 7.05 Å². The highest BCUT2D eigenvalue weighted by Gasteiger charge is 2.00. The van der Waals surface area contributed by atoms with Gasteiger partial charge in [-0.3, -0.25) is 0 Å². The molecule has 2 aromatic rings. The molecule has 0 saturated carbocycles. The Morgan fingerprint density at radius 1 is 1.20 bits per heavy atom. The van der Waals surface area contributed by atoms with E-state index in [1.54, 1.807) is 6.33 Å². The van der Waals surface area contributed by atoms with Crippen LogP contribution in [0.5, 0.6) is 0 Å². The average molecular weight is 263 g/mol. The summed E-state index contributed by atoms with van der Waals surface area (Å²) in [7, 11) is 1.97. The quantitative estimate of drug-likeness (QED) is 0.812. The van der Waals surface area contributed by atoms with Gasteiger partial charge < -0.3 is 4.57 Å². The summed E-state index contributed by atoms with van der Waals surface area (Å²) in [6.07, 6.45) is 5.91. The molecule has 1 heterocycles. The fourth-order valence-electron chi connectivity index (χ4n) is 1.34. The van der Waals surface area contributed by atoms with E-state index in [9.17, 15) is 0 Å². The normalized spacial score (nSPS) is 11.1. The molecule has 0 amide bonds. The van der Waals surface area contributed by atoms with E-state index in [4.69, 9.17) is 0 Å². The fourth-order valence-corrected chi connectivity index (χ4v) is 1.84. The van der Waals surface area contributed by atoms with E-state index in [1.165, 1.54) is 5.56 Å². The standard InChI is InChI=1S/C12H11BrN2/c1-15-9-14-12(13)11(15)8-7-10-5-3-2-4-6-10/h2-9H,1H3. The van der Waals surface area contributed by atoms with E-state index in [-0.39, 0.29) is 0 Å². The molecular formula is C12H11BrN2. The van der Waals surface area contributed by atoms with Crippen LogP contribution < -0.4 is 0 Å². The Kier molecular flexibility index (Phi) is 3.02. The van der Waals surface area contributed by atoms with Gasteiger partial charge in [-0.2, -0.15) is 0 Å². The van der Waals surface area contributed by atoms with Crippen LogP contribution >= 0.6 is 15.9 Å². The van der Waals surface area contributed by atoms with E-state index in [1.807, 2.05) is 35.9 Å². The molecular weight excluding hydrogens is 252 g/mol. The van der Waals surface area contributed by atoms with E-state index in [0.29, 0.717) is 0 Å². The first-order chi connectivity index (χ1) is 7.27. The lowest BCUT2D eigenvalue weighted by Crippen LogP contribution is -1.87. The summed E-state index contributed by atoms with van der Waals surface area (Å²) in [5.41, 5.74) is 2.25. The summed E-state index contributed by atoms with van der Waals surface area (Å²) in [6, 6.07) is 10.2. The predicted molar refractivity (Wildman–Crippen MR) is 66.3 cm³/mol. The number of nitrogens with zero attached hydrogens (tertiary/aromatic N) is 2. The topological polar surface area (TPSA) is 17.8 Å². The third-order valence-corrected chi connectivity index (χ3v) is 2.78. The molecule has 0 aliphatic carbocycles. The molecule has 0 atom stereocenters. The molecule has 2 rings (SSSR count). The summed E-state index contributed by atoms with van der Waals surface area (Å²) in [6.45, 7) is 0. The van der Waals surface area contributed by atoms with Gasteiger partial charge in [-0.25, -0.2) is 4.98 Å². The largest absolute Gasteiger partial charge is 0.333 e. The molecule has 76 valence electrons. The van der Waals surface area contributed by atoms with Crippen molar-refractivity contribution in [1.82, 2.24) is 9.55 Å². The van der Waals surface area contributed by atoms with Gasteiger partial charge in [0.25, 0.3) is 0 Å². The lowest BCUT2D eigenvalue weighted by molar-refractivity contribution is 0.902. The Labute approximate surface area is 97.4 Å². The predicted octanol–water partition coefficient (Wildman–Crippen LogP) is 3.35. The monoisotopic (exact) mass is 262 g/mol. The van der Waals surface area contributed by atoms with E-state index >= 15 is 0 Å². The minimum absolute atomic E-state index is 0.872. The maximum Gasteiger partial charge on any atom is 0.131 e. The number of aromatic nitrogens is 2. The number of rotatable bonds is 2.